The molecule has 0 heterocycles. The average molecular weight is 251 g/mol. The van der Waals surface area contributed by atoms with Crippen molar-refractivity contribution in [3.05, 3.63) is 0 Å². The van der Waals surface area contributed by atoms with Gasteiger partial charge in [-0.2, -0.15) is 0 Å². The van der Waals surface area contributed by atoms with Crippen LogP contribution in [0, 0.1) is 5.92 Å². The lowest BCUT2D eigenvalue weighted by Crippen LogP contribution is -2.14. The van der Waals surface area contributed by atoms with Crippen LogP contribution in [0.4, 0.5) is 4.79 Å². The molecule has 0 rings (SSSR count). The molecule has 1 amide bonds. The van der Waals surface area contributed by atoms with Crippen molar-refractivity contribution < 1.29 is 9.53 Å². The second kappa shape index (κ2) is 10.5. The summed E-state index contributed by atoms with van der Waals surface area (Å²) in [5.74, 6) is 2.76. The molecule has 1 atom stereocenters. The Balaban J connectivity index is 3.12. The highest BCUT2D eigenvalue weighted by Crippen LogP contribution is 2.25. The van der Waals surface area contributed by atoms with Crippen molar-refractivity contribution >= 4 is 27.7 Å². The first-order chi connectivity index (χ1) is 7.16. The van der Waals surface area contributed by atoms with Gasteiger partial charge in [0, 0.05) is 11.5 Å². The van der Waals surface area contributed by atoms with Gasteiger partial charge < -0.3 is 10.5 Å². The second-order valence-electron chi connectivity index (χ2n) is 3.52. The van der Waals surface area contributed by atoms with Crippen molar-refractivity contribution in [2.24, 2.45) is 11.7 Å². The van der Waals surface area contributed by atoms with Gasteiger partial charge in [-0.3, -0.25) is 0 Å². The molecule has 0 saturated heterocycles. The number of ether oxygens (including phenoxy) is 1. The fourth-order valence-corrected chi connectivity index (χ4v) is 3.34. The van der Waals surface area contributed by atoms with Crippen molar-refractivity contribution in [1.29, 1.82) is 0 Å². The predicted molar refractivity (Wildman–Crippen MR) is 69.1 cm³/mol. The predicted octanol–water partition coefficient (Wildman–Crippen LogP) is 3.29. The Hall–Kier alpha value is -0.0300. The summed E-state index contributed by atoms with van der Waals surface area (Å²) in [6.45, 7) is 4.91. The molecular weight excluding hydrogens is 230 g/mol. The molecule has 0 bridgehead atoms. The topological polar surface area (TPSA) is 52.3 Å². The summed E-state index contributed by atoms with van der Waals surface area (Å²) in [7, 11) is 3.59. The van der Waals surface area contributed by atoms with Crippen LogP contribution >= 0.6 is 21.6 Å². The zero-order chi connectivity index (χ0) is 11.5. The third-order valence-electron chi connectivity index (χ3n) is 1.90. The van der Waals surface area contributed by atoms with Gasteiger partial charge >= 0.3 is 6.09 Å². The van der Waals surface area contributed by atoms with Gasteiger partial charge in [0.1, 0.15) is 6.61 Å². The maximum atomic E-state index is 10.2. The van der Waals surface area contributed by atoms with Crippen LogP contribution in [0.25, 0.3) is 0 Å². The zero-order valence-corrected chi connectivity index (χ0v) is 11.2. The second-order valence-corrected chi connectivity index (χ2v) is 6.15. The highest BCUT2D eigenvalue weighted by molar-refractivity contribution is 8.76. The van der Waals surface area contributed by atoms with E-state index < -0.39 is 6.09 Å². The Kier molecular flexibility index (Phi) is 10.5. The Bertz CT molecular complexity index is 168. The van der Waals surface area contributed by atoms with Crippen LogP contribution in [-0.2, 0) is 4.74 Å². The van der Waals surface area contributed by atoms with Crippen molar-refractivity contribution in [3.8, 4) is 0 Å². The highest BCUT2D eigenvalue weighted by atomic mass is 33.1. The highest BCUT2D eigenvalue weighted by Gasteiger charge is 2.02. The molecule has 0 aliphatic rings. The van der Waals surface area contributed by atoms with E-state index in [1.807, 2.05) is 10.8 Å². The van der Waals surface area contributed by atoms with Crippen molar-refractivity contribution in [3.63, 3.8) is 0 Å². The Morgan fingerprint density at radius 2 is 2.20 bits per heavy atom. The number of primary amides is 1. The molecule has 0 spiro atoms. The number of amides is 1. The summed E-state index contributed by atoms with van der Waals surface area (Å²) >= 11 is 0. The van der Waals surface area contributed by atoms with Gasteiger partial charge in [-0.1, -0.05) is 48.3 Å². The standard InChI is InChI=1S/C10H21NO2S2/c1-3-4-5-9(2)8-15-14-7-6-13-10(11)12/h9H,3-8H2,1-2H3,(H2,11,12)/t9-/m0/s1. The molecule has 5 heteroatoms. The number of hydrogen-bond donors (Lipinski definition) is 1. The van der Waals surface area contributed by atoms with Gasteiger partial charge in [0.2, 0.25) is 0 Å². The van der Waals surface area contributed by atoms with E-state index >= 15 is 0 Å². The SMILES string of the molecule is CCCC[C@H](C)CSSCCOC(N)=O. The summed E-state index contributed by atoms with van der Waals surface area (Å²) in [6.07, 6.45) is 3.21. The maximum absolute atomic E-state index is 10.2. The molecule has 0 aromatic heterocycles. The smallest absolute Gasteiger partial charge is 0.404 e. The number of unbranched alkanes of at least 4 members (excludes halogenated alkanes) is 1. The number of carbonyl (C=O) groups is 1. The van der Waals surface area contributed by atoms with Gasteiger partial charge in [0.15, 0.2) is 0 Å². The van der Waals surface area contributed by atoms with Crippen LogP contribution in [-0.4, -0.2) is 24.2 Å². The van der Waals surface area contributed by atoms with E-state index in [0.29, 0.717) is 6.61 Å². The van der Waals surface area contributed by atoms with E-state index in [0.717, 1.165) is 11.7 Å². The normalized spacial score (nSPS) is 12.4. The first-order valence-electron chi connectivity index (χ1n) is 5.33. The largest absolute Gasteiger partial charge is 0.449 e. The Morgan fingerprint density at radius 1 is 1.47 bits per heavy atom. The van der Waals surface area contributed by atoms with E-state index in [2.05, 4.69) is 18.6 Å². The van der Waals surface area contributed by atoms with Crippen LogP contribution in [0.2, 0.25) is 0 Å². The van der Waals surface area contributed by atoms with E-state index in [9.17, 15) is 4.79 Å². The molecule has 3 nitrogen and oxygen atoms in total. The van der Waals surface area contributed by atoms with Gasteiger partial charge in [0.25, 0.3) is 0 Å². The summed E-state index contributed by atoms with van der Waals surface area (Å²) < 4.78 is 4.62. The fourth-order valence-electron chi connectivity index (χ4n) is 1.04. The van der Waals surface area contributed by atoms with Crippen LogP contribution in [0.3, 0.4) is 0 Å². The van der Waals surface area contributed by atoms with Gasteiger partial charge in [-0.05, 0) is 12.3 Å². The molecule has 0 aliphatic carbocycles. The van der Waals surface area contributed by atoms with E-state index in [4.69, 9.17) is 5.73 Å². The third kappa shape index (κ3) is 11.9. The molecule has 0 saturated carbocycles. The van der Waals surface area contributed by atoms with Crippen LogP contribution < -0.4 is 5.73 Å². The molecule has 0 radical (unpaired) electrons. The van der Waals surface area contributed by atoms with Gasteiger partial charge in [-0.25, -0.2) is 4.79 Å². The summed E-state index contributed by atoms with van der Waals surface area (Å²) in [4.78, 5) is 10.2. The lowest BCUT2D eigenvalue weighted by atomic mass is 10.1. The zero-order valence-electron chi connectivity index (χ0n) is 9.53. The molecular formula is C10H21NO2S2. The summed E-state index contributed by atoms with van der Waals surface area (Å²) in [5, 5.41) is 0. The minimum Gasteiger partial charge on any atom is -0.449 e. The molecule has 90 valence electrons. The maximum Gasteiger partial charge on any atom is 0.404 e. The first-order valence-corrected chi connectivity index (χ1v) is 7.82. The lowest BCUT2D eigenvalue weighted by molar-refractivity contribution is 0.164. The fraction of sp³-hybridized carbons (Fsp3) is 0.900. The molecule has 0 unspecified atom stereocenters. The number of rotatable bonds is 9. The minimum absolute atomic E-state index is 0.413. The number of nitrogens with two attached hydrogens (primary N) is 1. The third-order valence-corrected chi connectivity index (χ3v) is 4.51. The molecule has 15 heavy (non-hydrogen) atoms. The Labute approximate surface area is 100 Å². The van der Waals surface area contributed by atoms with E-state index in [1.54, 1.807) is 10.8 Å². The minimum atomic E-state index is -0.683. The molecule has 0 fully saturated rings. The van der Waals surface area contributed by atoms with Gasteiger partial charge in [0.05, 0.1) is 0 Å². The van der Waals surface area contributed by atoms with Crippen molar-refractivity contribution in [2.75, 3.05) is 18.1 Å². The molecule has 0 aliphatic heterocycles. The van der Waals surface area contributed by atoms with E-state index in [1.165, 1.54) is 25.0 Å². The van der Waals surface area contributed by atoms with Crippen LogP contribution in [0.5, 0.6) is 0 Å². The lowest BCUT2D eigenvalue weighted by Gasteiger charge is -2.09. The molecule has 0 aromatic rings. The van der Waals surface area contributed by atoms with E-state index in [-0.39, 0.29) is 0 Å². The van der Waals surface area contributed by atoms with Crippen LogP contribution in [0.1, 0.15) is 33.1 Å². The molecule has 0 aromatic carbocycles. The quantitative estimate of drug-likeness (QED) is 0.504. The number of hydrogen-bond acceptors (Lipinski definition) is 4. The monoisotopic (exact) mass is 251 g/mol. The van der Waals surface area contributed by atoms with Gasteiger partial charge in [-0.15, -0.1) is 0 Å². The van der Waals surface area contributed by atoms with Crippen molar-refractivity contribution in [2.45, 2.75) is 33.1 Å². The number of carbonyl (C=O) groups excluding carboxylic acids is 1. The Morgan fingerprint density at radius 3 is 2.80 bits per heavy atom. The van der Waals surface area contributed by atoms with Crippen molar-refractivity contribution in [1.82, 2.24) is 0 Å². The molecule has 2 N–H and O–H groups in total. The summed E-state index contributed by atoms with van der Waals surface area (Å²) in [6, 6.07) is 0. The van der Waals surface area contributed by atoms with Crippen LogP contribution in [0.15, 0.2) is 0 Å². The average Bonchev–Trinajstić information content (AvgIpc) is 2.19. The summed E-state index contributed by atoms with van der Waals surface area (Å²) in [5.41, 5.74) is 4.83. The first kappa shape index (κ1) is 15.0.